The third-order valence-electron chi connectivity index (χ3n) is 2.85. The Kier molecular flexibility index (Phi) is 2.02. The van der Waals surface area contributed by atoms with Gasteiger partial charge in [0.15, 0.2) is 0 Å². The van der Waals surface area contributed by atoms with Gasteiger partial charge in [0.05, 0.1) is 0 Å². The molecule has 1 heterocycles. The number of hydrogen-bond acceptors (Lipinski definition) is 1. The van der Waals surface area contributed by atoms with Crippen molar-refractivity contribution in [3.8, 4) is 0 Å². The zero-order valence-corrected chi connectivity index (χ0v) is 8.62. The van der Waals surface area contributed by atoms with Crippen molar-refractivity contribution in [1.82, 2.24) is 0 Å². The highest BCUT2D eigenvalue weighted by molar-refractivity contribution is 9.09. The van der Waals surface area contributed by atoms with Crippen LogP contribution in [-0.2, 0) is 0 Å². The molecule has 1 aliphatic carbocycles. The van der Waals surface area contributed by atoms with Crippen LogP contribution in [0.25, 0.3) is 0 Å². The third kappa shape index (κ3) is 1.04. The maximum Gasteiger partial charge on any atom is 0.0275 e. The van der Waals surface area contributed by atoms with Gasteiger partial charge < -0.3 is 0 Å². The lowest BCUT2D eigenvalue weighted by molar-refractivity contribution is 0.561. The molecule has 4 atom stereocenters. The summed E-state index contributed by atoms with van der Waals surface area (Å²) in [7, 11) is 0. The molecule has 0 bridgehead atoms. The molecule has 1 saturated heterocycles. The molecule has 0 spiro atoms. The van der Waals surface area contributed by atoms with Gasteiger partial charge in [0, 0.05) is 15.8 Å². The summed E-state index contributed by atoms with van der Waals surface area (Å²) in [5.41, 5.74) is 0. The predicted molar refractivity (Wildman–Crippen MR) is 50.8 cm³/mol. The number of thioether (sulfide) groups is 1. The minimum absolute atomic E-state index is 0.826. The van der Waals surface area contributed by atoms with Gasteiger partial charge in [-0.05, 0) is 24.7 Å². The summed E-state index contributed by atoms with van der Waals surface area (Å²) in [5.74, 6) is 3.33. The maximum absolute atomic E-state index is 3.75. The summed E-state index contributed by atoms with van der Waals surface area (Å²) < 4.78 is 0. The Hall–Kier alpha value is 0.830. The molecule has 2 rings (SSSR count). The summed E-state index contributed by atoms with van der Waals surface area (Å²) in [6.07, 6.45) is 2.93. The lowest BCUT2D eigenvalue weighted by Crippen LogP contribution is -2.15. The number of hydrogen-bond donors (Lipinski definition) is 0. The minimum Gasteiger partial charge on any atom is -0.157 e. The minimum atomic E-state index is 0.826. The van der Waals surface area contributed by atoms with Gasteiger partial charge in [-0.2, -0.15) is 11.8 Å². The fraction of sp³-hybridized carbons (Fsp3) is 1.00. The number of rotatable bonds is 0. The second-order valence-corrected chi connectivity index (χ2v) is 5.92. The first kappa shape index (κ1) is 7.48. The third-order valence-corrected chi connectivity index (χ3v) is 6.03. The van der Waals surface area contributed by atoms with Crippen LogP contribution < -0.4 is 0 Å². The van der Waals surface area contributed by atoms with E-state index < -0.39 is 0 Å². The van der Waals surface area contributed by atoms with E-state index in [1.165, 1.54) is 18.6 Å². The van der Waals surface area contributed by atoms with Crippen molar-refractivity contribution in [2.24, 2.45) is 11.8 Å². The lowest BCUT2D eigenvalue weighted by Gasteiger charge is -2.12. The van der Waals surface area contributed by atoms with E-state index in [1.807, 2.05) is 0 Å². The van der Waals surface area contributed by atoms with Gasteiger partial charge in [0.25, 0.3) is 0 Å². The van der Waals surface area contributed by atoms with E-state index in [0.29, 0.717) is 0 Å². The second kappa shape index (κ2) is 2.71. The van der Waals surface area contributed by atoms with E-state index in [2.05, 4.69) is 34.6 Å². The van der Waals surface area contributed by atoms with Gasteiger partial charge >= 0.3 is 0 Å². The predicted octanol–water partition coefficient (Wildman–Crippen LogP) is 2.91. The van der Waals surface area contributed by atoms with Crippen LogP contribution in [0.2, 0.25) is 0 Å². The van der Waals surface area contributed by atoms with Gasteiger partial charge in [-0.15, -0.1) is 0 Å². The summed E-state index contributed by atoms with van der Waals surface area (Å²) >= 11 is 5.93. The Morgan fingerprint density at radius 3 is 2.90 bits per heavy atom. The van der Waals surface area contributed by atoms with Gasteiger partial charge in [-0.1, -0.05) is 22.9 Å². The molecule has 0 amide bonds. The van der Waals surface area contributed by atoms with Gasteiger partial charge in [-0.3, -0.25) is 0 Å². The van der Waals surface area contributed by atoms with Crippen molar-refractivity contribution in [3.05, 3.63) is 0 Å². The molecule has 10 heavy (non-hydrogen) atoms. The van der Waals surface area contributed by atoms with Gasteiger partial charge in [0.1, 0.15) is 0 Å². The van der Waals surface area contributed by atoms with E-state index in [4.69, 9.17) is 0 Å². The smallest absolute Gasteiger partial charge is 0.0275 e. The lowest BCUT2D eigenvalue weighted by atomic mass is 10.0. The molecule has 0 aromatic carbocycles. The van der Waals surface area contributed by atoms with Crippen molar-refractivity contribution in [2.75, 3.05) is 5.75 Å². The molecule has 2 heteroatoms. The Morgan fingerprint density at radius 1 is 1.40 bits per heavy atom. The molecule has 0 radical (unpaired) electrons. The summed E-state index contributed by atoms with van der Waals surface area (Å²) in [6.45, 7) is 2.41. The quantitative estimate of drug-likeness (QED) is 0.567. The monoisotopic (exact) mass is 220 g/mol. The molecule has 58 valence electrons. The normalized spacial score (nSPS) is 53.4. The fourth-order valence-corrected chi connectivity index (χ4v) is 5.15. The standard InChI is InChI=1S/C8H13BrS/c1-5-2-3-6-7(9)4-10-8(5)6/h5-8H,2-4H2,1H3. The topological polar surface area (TPSA) is 0 Å². The molecular formula is C8H13BrS. The molecule has 1 saturated carbocycles. The van der Waals surface area contributed by atoms with E-state index >= 15 is 0 Å². The fourth-order valence-electron chi connectivity index (χ4n) is 2.21. The Morgan fingerprint density at radius 2 is 2.20 bits per heavy atom. The molecule has 1 aliphatic heterocycles. The van der Waals surface area contributed by atoms with Crippen molar-refractivity contribution < 1.29 is 0 Å². The van der Waals surface area contributed by atoms with Crippen LogP contribution >= 0.6 is 27.7 Å². The zero-order valence-electron chi connectivity index (χ0n) is 6.22. The highest BCUT2D eigenvalue weighted by Crippen LogP contribution is 2.49. The van der Waals surface area contributed by atoms with E-state index in [0.717, 1.165) is 21.9 Å². The van der Waals surface area contributed by atoms with E-state index in [1.54, 1.807) is 0 Å². The summed E-state index contributed by atoms with van der Waals surface area (Å²) in [4.78, 5) is 0.826. The Balaban J connectivity index is 2.09. The molecule has 0 aromatic heterocycles. The highest BCUT2D eigenvalue weighted by atomic mass is 79.9. The van der Waals surface area contributed by atoms with Crippen LogP contribution in [0.15, 0.2) is 0 Å². The van der Waals surface area contributed by atoms with E-state index in [-0.39, 0.29) is 0 Å². The molecular weight excluding hydrogens is 208 g/mol. The van der Waals surface area contributed by atoms with Crippen LogP contribution in [0.4, 0.5) is 0 Å². The first-order valence-corrected chi connectivity index (χ1v) is 6.01. The SMILES string of the molecule is CC1CCC2C(Br)CSC12. The van der Waals surface area contributed by atoms with Crippen molar-refractivity contribution in [3.63, 3.8) is 0 Å². The van der Waals surface area contributed by atoms with Crippen LogP contribution in [0, 0.1) is 11.8 Å². The Bertz CT molecular complexity index is 121. The molecule has 2 aliphatic rings. The van der Waals surface area contributed by atoms with Crippen molar-refractivity contribution >= 4 is 27.7 Å². The number of halogens is 1. The number of alkyl halides is 1. The summed E-state index contributed by atoms with van der Waals surface area (Å²) in [5, 5.41) is 0.990. The molecule has 2 fully saturated rings. The first-order valence-electron chi connectivity index (χ1n) is 4.04. The largest absolute Gasteiger partial charge is 0.157 e. The van der Waals surface area contributed by atoms with Crippen LogP contribution in [0.5, 0.6) is 0 Å². The van der Waals surface area contributed by atoms with Gasteiger partial charge in [-0.25, -0.2) is 0 Å². The molecule has 0 N–H and O–H groups in total. The van der Waals surface area contributed by atoms with Crippen LogP contribution in [0.1, 0.15) is 19.8 Å². The molecule has 0 aromatic rings. The second-order valence-electron chi connectivity index (χ2n) is 3.53. The first-order chi connectivity index (χ1) is 4.79. The Labute approximate surface area is 75.3 Å². The molecule has 4 unspecified atom stereocenters. The average molecular weight is 221 g/mol. The van der Waals surface area contributed by atoms with Crippen LogP contribution in [0.3, 0.4) is 0 Å². The summed E-state index contributed by atoms with van der Waals surface area (Å²) in [6, 6.07) is 0. The van der Waals surface area contributed by atoms with E-state index in [9.17, 15) is 0 Å². The average Bonchev–Trinajstić information content (AvgIpc) is 2.41. The zero-order chi connectivity index (χ0) is 7.14. The molecule has 0 nitrogen and oxygen atoms in total. The highest BCUT2D eigenvalue weighted by Gasteiger charge is 2.42. The maximum atomic E-state index is 3.75. The van der Waals surface area contributed by atoms with Crippen molar-refractivity contribution in [2.45, 2.75) is 29.8 Å². The van der Waals surface area contributed by atoms with Crippen molar-refractivity contribution in [1.29, 1.82) is 0 Å². The van der Waals surface area contributed by atoms with Gasteiger partial charge in [0.2, 0.25) is 0 Å². The van der Waals surface area contributed by atoms with Crippen LogP contribution in [-0.4, -0.2) is 15.8 Å². The number of fused-ring (bicyclic) bond motifs is 1.